The summed E-state index contributed by atoms with van der Waals surface area (Å²) >= 11 is 0. The van der Waals surface area contributed by atoms with Crippen molar-refractivity contribution in [1.29, 1.82) is 0 Å². The second-order valence-corrected chi connectivity index (χ2v) is 4.84. The number of carbonyl (C=O) groups is 2. The third-order valence-electron chi connectivity index (χ3n) is 2.95. The summed E-state index contributed by atoms with van der Waals surface area (Å²) in [6.45, 7) is 8.99. The van der Waals surface area contributed by atoms with Crippen LogP contribution >= 0.6 is 0 Å². The van der Waals surface area contributed by atoms with Crippen molar-refractivity contribution in [2.75, 3.05) is 5.32 Å². The van der Waals surface area contributed by atoms with Crippen LogP contribution in [0.1, 0.15) is 27.2 Å². The summed E-state index contributed by atoms with van der Waals surface area (Å²) in [6, 6.07) is 6.62. The molecule has 19 heavy (non-hydrogen) atoms. The Morgan fingerprint density at radius 1 is 1.32 bits per heavy atom. The molecule has 4 nitrogen and oxygen atoms in total. The summed E-state index contributed by atoms with van der Waals surface area (Å²) in [5.74, 6) is -0.0853. The van der Waals surface area contributed by atoms with E-state index in [2.05, 4.69) is 11.9 Å². The predicted octanol–water partition coefficient (Wildman–Crippen LogP) is 3.15. The van der Waals surface area contributed by atoms with Crippen LogP contribution in [0, 0.1) is 5.41 Å². The molecule has 1 rings (SSSR count). The Hall–Kier alpha value is -2.10. The van der Waals surface area contributed by atoms with Gasteiger partial charge in [-0.05, 0) is 50.6 Å². The lowest BCUT2D eigenvalue weighted by Crippen LogP contribution is -2.28. The maximum Gasteiger partial charge on any atom is 0.316 e. The molecule has 0 aliphatic heterocycles. The van der Waals surface area contributed by atoms with E-state index in [0.29, 0.717) is 17.9 Å². The molecule has 0 aliphatic rings. The Kier molecular flexibility index (Phi) is 4.87. The molecule has 0 aromatic heterocycles. The molecule has 0 bridgehead atoms. The average Bonchev–Trinajstić information content (AvgIpc) is 2.40. The average molecular weight is 261 g/mol. The van der Waals surface area contributed by atoms with E-state index < -0.39 is 5.41 Å². The van der Waals surface area contributed by atoms with Crippen LogP contribution in [0.15, 0.2) is 36.9 Å². The molecule has 1 N–H and O–H groups in total. The van der Waals surface area contributed by atoms with E-state index in [1.54, 1.807) is 24.3 Å². The number of carbonyl (C=O) groups excluding carboxylic acids is 2. The van der Waals surface area contributed by atoms with Crippen molar-refractivity contribution in [2.24, 2.45) is 5.41 Å². The van der Waals surface area contributed by atoms with Crippen molar-refractivity contribution in [3.63, 3.8) is 0 Å². The van der Waals surface area contributed by atoms with Crippen LogP contribution in [0.25, 0.3) is 0 Å². The smallest absolute Gasteiger partial charge is 0.316 e. The number of esters is 1. The molecule has 102 valence electrons. The monoisotopic (exact) mass is 261 g/mol. The van der Waals surface area contributed by atoms with Gasteiger partial charge in [0.1, 0.15) is 5.75 Å². The number of anilines is 1. The van der Waals surface area contributed by atoms with Crippen molar-refractivity contribution in [3.05, 3.63) is 36.9 Å². The first-order valence-corrected chi connectivity index (χ1v) is 6.15. The van der Waals surface area contributed by atoms with Crippen molar-refractivity contribution in [2.45, 2.75) is 27.2 Å². The molecular formula is C15H19NO3. The topological polar surface area (TPSA) is 55.4 Å². The highest BCUT2D eigenvalue weighted by molar-refractivity contribution is 5.98. The van der Waals surface area contributed by atoms with E-state index in [1.165, 1.54) is 6.08 Å². The summed E-state index contributed by atoms with van der Waals surface area (Å²) in [5, 5.41) is 2.62. The number of amides is 1. The molecule has 0 saturated heterocycles. The van der Waals surface area contributed by atoms with Crippen LogP contribution in [0.5, 0.6) is 5.75 Å². The van der Waals surface area contributed by atoms with Gasteiger partial charge in [0, 0.05) is 5.69 Å². The lowest BCUT2D eigenvalue weighted by molar-refractivity contribution is -0.144. The molecule has 0 fully saturated rings. The van der Waals surface area contributed by atoms with Crippen molar-refractivity contribution in [3.8, 4) is 5.75 Å². The van der Waals surface area contributed by atoms with Crippen LogP contribution in [-0.2, 0) is 9.59 Å². The highest BCUT2D eigenvalue weighted by Gasteiger charge is 2.27. The van der Waals surface area contributed by atoms with E-state index in [-0.39, 0.29) is 11.9 Å². The Morgan fingerprint density at radius 3 is 2.37 bits per heavy atom. The van der Waals surface area contributed by atoms with E-state index in [4.69, 9.17) is 4.74 Å². The van der Waals surface area contributed by atoms with Gasteiger partial charge in [0.2, 0.25) is 5.91 Å². The summed E-state index contributed by atoms with van der Waals surface area (Å²) < 4.78 is 5.28. The summed E-state index contributed by atoms with van der Waals surface area (Å²) in [5.41, 5.74) is 0.120. The fourth-order valence-corrected chi connectivity index (χ4v) is 1.19. The van der Waals surface area contributed by atoms with Crippen molar-refractivity contribution < 1.29 is 14.3 Å². The Labute approximate surface area is 113 Å². The maximum atomic E-state index is 11.9. The lowest BCUT2D eigenvalue weighted by atomic mass is 9.91. The molecule has 0 saturated carbocycles. The van der Waals surface area contributed by atoms with Crippen LogP contribution in [-0.4, -0.2) is 11.9 Å². The van der Waals surface area contributed by atoms with Crippen LogP contribution < -0.4 is 10.1 Å². The number of benzene rings is 1. The number of ether oxygens (including phenoxy) is 1. The van der Waals surface area contributed by atoms with Gasteiger partial charge in [0.05, 0.1) is 5.41 Å². The van der Waals surface area contributed by atoms with E-state index in [0.717, 1.165) is 0 Å². The van der Waals surface area contributed by atoms with Crippen LogP contribution in [0.2, 0.25) is 0 Å². The highest BCUT2D eigenvalue weighted by Crippen LogP contribution is 2.24. The Balaban J connectivity index is 2.70. The third kappa shape index (κ3) is 4.25. The van der Waals surface area contributed by atoms with E-state index in [1.807, 2.05) is 20.8 Å². The molecule has 1 amide bonds. The molecule has 1 aromatic rings. The normalized spacial score (nSPS) is 10.7. The molecule has 4 heteroatoms. The molecule has 0 aliphatic carbocycles. The van der Waals surface area contributed by atoms with Gasteiger partial charge in [-0.2, -0.15) is 0 Å². The third-order valence-corrected chi connectivity index (χ3v) is 2.95. The first-order chi connectivity index (χ1) is 8.89. The molecular weight excluding hydrogens is 242 g/mol. The summed E-state index contributed by atoms with van der Waals surface area (Å²) in [4.78, 5) is 23.0. The van der Waals surface area contributed by atoms with Gasteiger partial charge >= 0.3 is 5.97 Å². The quantitative estimate of drug-likeness (QED) is 0.503. The van der Waals surface area contributed by atoms with Gasteiger partial charge in [0.15, 0.2) is 0 Å². The predicted molar refractivity (Wildman–Crippen MR) is 75.0 cm³/mol. The molecule has 0 unspecified atom stereocenters. The minimum atomic E-state index is -0.504. The lowest BCUT2D eigenvalue weighted by Gasteiger charge is -2.20. The van der Waals surface area contributed by atoms with Gasteiger partial charge in [-0.3, -0.25) is 9.59 Å². The van der Waals surface area contributed by atoms with Crippen molar-refractivity contribution >= 4 is 17.6 Å². The zero-order valence-electron chi connectivity index (χ0n) is 11.5. The van der Waals surface area contributed by atoms with Gasteiger partial charge in [0.25, 0.3) is 0 Å². The minimum Gasteiger partial charge on any atom is -0.426 e. The Morgan fingerprint density at radius 2 is 1.89 bits per heavy atom. The van der Waals surface area contributed by atoms with Gasteiger partial charge < -0.3 is 10.1 Å². The molecule has 0 spiro atoms. The Bertz CT molecular complexity index is 475. The van der Waals surface area contributed by atoms with E-state index >= 15 is 0 Å². The largest absolute Gasteiger partial charge is 0.426 e. The fourth-order valence-electron chi connectivity index (χ4n) is 1.19. The maximum absolute atomic E-state index is 11.9. The standard InChI is InChI=1S/C15H19NO3/c1-5-13(17)16-11-7-9-12(10-8-11)19-14(18)15(3,4)6-2/h5,7-10H,1,6H2,2-4H3,(H,16,17). The van der Waals surface area contributed by atoms with Crippen LogP contribution in [0.4, 0.5) is 5.69 Å². The minimum absolute atomic E-state index is 0.266. The second-order valence-electron chi connectivity index (χ2n) is 4.84. The number of rotatable bonds is 5. The molecule has 0 radical (unpaired) electrons. The van der Waals surface area contributed by atoms with Gasteiger partial charge in [-0.15, -0.1) is 0 Å². The van der Waals surface area contributed by atoms with Crippen molar-refractivity contribution in [1.82, 2.24) is 0 Å². The van der Waals surface area contributed by atoms with Gasteiger partial charge in [-0.1, -0.05) is 13.5 Å². The first kappa shape index (κ1) is 15.0. The molecule has 0 atom stereocenters. The number of hydrogen-bond acceptors (Lipinski definition) is 3. The zero-order valence-corrected chi connectivity index (χ0v) is 11.5. The summed E-state index contributed by atoms with van der Waals surface area (Å²) in [6.07, 6.45) is 1.90. The highest BCUT2D eigenvalue weighted by atomic mass is 16.5. The zero-order chi connectivity index (χ0) is 14.5. The summed E-state index contributed by atoms with van der Waals surface area (Å²) in [7, 11) is 0. The first-order valence-electron chi connectivity index (χ1n) is 6.15. The van der Waals surface area contributed by atoms with E-state index in [9.17, 15) is 9.59 Å². The fraction of sp³-hybridized carbons (Fsp3) is 0.333. The molecule has 1 aromatic carbocycles. The second kappa shape index (κ2) is 6.18. The SMILES string of the molecule is C=CC(=O)Nc1ccc(OC(=O)C(C)(C)CC)cc1. The molecule has 0 heterocycles. The number of nitrogens with one attached hydrogen (secondary N) is 1. The van der Waals surface area contributed by atoms with Crippen LogP contribution in [0.3, 0.4) is 0 Å². The number of hydrogen-bond donors (Lipinski definition) is 1. The van der Waals surface area contributed by atoms with Gasteiger partial charge in [-0.25, -0.2) is 0 Å².